The highest BCUT2D eigenvalue weighted by molar-refractivity contribution is 9.11. The van der Waals surface area contributed by atoms with Crippen molar-refractivity contribution in [2.45, 2.75) is 36.0 Å². The zero-order valence-electron chi connectivity index (χ0n) is 23.0. The van der Waals surface area contributed by atoms with E-state index in [-0.39, 0.29) is 36.0 Å². The van der Waals surface area contributed by atoms with Crippen molar-refractivity contribution in [2.24, 2.45) is 21.5 Å². The molecule has 0 amide bonds. The Bertz CT molecular complexity index is 2210. The van der Waals surface area contributed by atoms with Crippen LogP contribution in [0, 0.1) is 0 Å². The van der Waals surface area contributed by atoms with Crippen LogP contribution in [0.25, 0.3) is 32.7 Å². The molecule has 44 heavy (non-hydrogen) atoms. The lowest BCUT2D eigenvalue weighted by atomic mass is 9.65. The molecular weight excluding hydrogens is 750 g/mol. The smallest absolute Gasteiger partial charge is 0.189 e. The van der Waals surface area contributed by atoms with Crippen molar-refractivity contribution >= 4 is 92.4 Å². The zero-order chi connectivity index (χ0) is 29.9. The van der Waals surface area contributed by atoms with Crippen molar-refractivity contribution in [3.05, 3.63) is 103 Å². The highest BCUT2D eigenvalue weighted by Gasteiger charge is 2.53. The predicted octanol–water partition coefficient (Wildman–Crippen LogP) is 6.65. The number of aromatic nitrogens is 3. The summed E-state index contributed by atoms with van der Waals surface area (Å²) < 4.78 is 3.06. The van der Waals surface area contributed by atoms with E-state index in [1.54, 1.807) is 0 Å². The summed E-state index contributed by atoms with van der Waals surface area (Å²) in [7, 11) is 0. The van der Waals surface area contributed by atoms with Gasteiger partial charge in [0.1, 0.15) is 12.1 Å². The van der Waals surface area contributed by atoms with Crippen LogP contribution >= 0.6 is 47.8 Å². The third kappa shape index (κ3) is 3.86. The molecule has 0 spiro atoms. The van der Waals surface area contributed by atoms with Gasteiger partial charge in [-0.3, -0.25) is 0 Å². The quantitative estimate of drug-likeness (QED) is 0.108. The zero-order valence-corrected chi connectivity index (χ0v) is 27.8. The van der Waals surface area contributed by atoms with Crippen molar-refractivity contribution in [3.8, 4) is 0 Å². The lowest BCUT2D eigenvalue weighted by Crippen LogP contribution is -2.58. The van der Waals surface area contributed by atoms with Gasteiger partial charge in [-0.25, -0.2) is 9.98 Å². The minimum Gasteiger partial charge on any atom is -0.370 e. The Balaban J connectivity index is 1.29. The van der Waals surface area contributed by atoms with Crippen LogP contribution in [0.5, 0.6) is 0 Å². The first kappa shape index (κ1) is 26.6. The number of hydrogen-bond donors (Lipinski definition) is 7. The van der Waals surface area contributed by atoms with Crippen LogP contribution in [0.3, 0.4) is 0 Å². The molecule has 6 unspecified atom stereocenters. The summed E-state index contributed by atoms with van der Waals surface area (Å²) in [5, 5.41) is 10.7. The summed E-state index contributed by atoms with van der Waals surface area (Å²) in [6, 6.07) is 18.4. The molecule has 3 aliphatic rings. The van der Waals surface area contributed by atoms with Gasteiger partial charge in [-0.2, -0.15) is 0 Å². The van der Waals surface area contributed by atoms with E-state index in [4.69, 9.17) is 21.5 Å². The largest absolute Gasteiger partial charge is 0.370 e. The number of nitrogens with zero attached hydrogens (tertiary/aromatic N) is 2. The van der Waals surface area contributed by atoms with E-state index < -0.39 is 0 Å². The third-order valence-electron chi connectivity index (χ3n) is 9.52. The number of halogens is 3. The molecule has 2 bridgehead atoms. The molecule has 6 atom stereocenters. The van der Waals surface area contributed by atoms with Crippen molar-refractivity contribution < 1.29 is 0 Å². The van der Waals surface area contributed by atoms with Gasteiger partial charge in [0.05, 0.1) is 6.04 Å². The highest BCUT2D eigenvalue weighted by atomic mass is 79.9. The average Bonchev–Trinajstić information content (AvgIpc) is 3.76. The molecule has 0 saturated heterocycles. The van der Waals surface area contributed by atoms with Gasteiger partial charge in [-0.15, -0.1) is 0 Å². The Hall–Kier alpha value is -3.74. The molecule has 0 fully saturated rings. The summed E-state index contributed by atoms with van der Waals surface area (Å²) >= 11 is 10.9. The van der Waals surface area contributed by atoms with Crippen LogP contribution < -0.4 is 22.1 Å². The summed E-state index contributed by atoms with van der Waals surface area (Å²) in [5.41, 5.74) is 20.9. The fourth-order valence-corrected chi connectivity index (χ4v) is 8.94. The summed E-state index contributed by atoms with van der Waals surface area (Å²) in [6.07, 6.45) is 4.19. The third-order valence-corrected chi connectivity index (χ3v) is 11.0. The number of aromatic amines is 3. The molecule has 220 valence electrons. The van der Waals surface area contributed by atoms with E-state index in [2.05, 4.69) is 140 Å². The van der Waals surface area contributed by atoms with Crippen LogP contribution in [-0.2, 0) is 0 Å². The fraction of sp³-hybridized carbons (Fsp3) is 0.188. The summed E-state index contributed by atoms with van der Waals surface area (Å²) in [6.45, 7) is 0. The number of H-pyrrole nitrogens is 3. The maximum atomic E-state index is 6.57. The second kappa shape index (κ2) is 9.63. The van der Waals surface area contributed by atoms with Crippen LogP contribution in [-0.4, -0.2) is 39.0 Å². The van der Waals surface area contributed by atoms with Gasteiger partial charge in [-0.1, -0.05) is 66.0 Å². The second-order valence-corrected chi connectivity index (χ2v) is 14.6. The Morgan fingerprint density at radius 1 is 0.591 bits per heavy atom. The molecule has 2 aliphatic heterocycles. The average molecular weight is 776 g/mol. The van der Waals surface area contributed by atoms with Crippen LogP contribution in [0.1, 0.15) is 46.3 Å². The maximum absolute atomic E-state index is 6.57. The van der Waals surface area contributed by atoms with E-state index in [1.807, 2.05) is 0 Å². The monoisotopic (exact) mass is 773 g/mol. The van der Waals surface area contributed by atoms with Gasteiger partial charge < -0.3 is 37.1 Å². The normalized spacial score (nSPS) is 26.0. The van der Waals surface area contributed by atoms with E-state index in [0.29, 0.717) is 11.9 Å². The highest BCUT2D eigenvalue weighted by Crippen LogP contribution is 2.56. The van der Waals surface area contributed by atoms with Gasteiger partial charge in [0.25, 0.3) is 0 Å². The predicted molar refractivity (Wildman–Crippen MR) is 186 cm³/mol. The standard InChI is InChI=1S/C32H26Br3N9/c33-12-1-4-15-18(10-38-20(15)7-12)24-27-25(23-17-6-3-14(35)9-22(17)40-28(23)29(24)43-32(37)42-27)30-26(41-31(36)44-30)19-11-39-21-8-13(34)2-5-16(19)21/h1-11,24-27,29-30,38-40H,(H3,36,41,44)(H3,37,42,43). The van der Waals surface area contributed by atoms with Crippen molar-refractivity contribution in [1.82, 2.24) is 25.6 Å². The second-order valence-electron chi connectivity index (χ2n) is 11.8. The Labute approximate surface area is 276 Å². The molecule has 9 rings (SSSR count). The van der Waals surface area contributed by atoms with Crippen LogP contribution in [0.4, 0.5) is 0 Å². The Kier molecular flexibility index (Phi) is 5.83. The number of rotatable bonds is 3. The Morgan fingerprint density at radius 2 is 1.14 bits per heavy atom. The van der Waals surface area contributed by atoms with Gasteiger partial charge in [0.2, 0.25) is 0 Å². The molecule has 1 aliphatic carbocycles. The molecular formula is C32H26Br3N9. The molecule has 12 heteroatoms. The molecule has 9 nitrogen and oxygen atoms in total. The number of hydrogen-bond acceptors (Lipinski definition) is 6. The first-order valence-electron chi connectivity index (χ1n) is 14.4. The molecule has 3 aromatic carbocycles. The van der Waals surface area contributed by atoms with Crippen molar-refractivity contribution in [2.75, 3.05) is 0 Å². The first-order chi connectivity index (χ1) is 21.3. The van der Waals surface area contributed by atoms with Gasteiger partial charge in [0.15, 0.2) is 11.9 Å². The summed E-state index contributed by atoms with van der Waals surface area (Å²) in [5.74, 6) is 0.776. The van der Waals surface area contributed by atoms with Crippen LogP contribution in [0.15, 0.2) is 90.4 Å². The van der Waals surface area contributed by atoms with E-state index >= 15 is 0 Å². The van der Waals surface area contributed by atoms with E-state index in [1.165, 1.54) is 16.5 Å². The first-order valence-corrected chi connectivity index (χ1v) is 16.8. The number of aliphatic imine (C=N–C) groups is 2. The number of fused-ring (bicyclic) bond motifs is 8. The van der Waals surface area contributed by atoms with E-state index in [0.717, 1.165) is 52.0 Å². The number of nitrogens with two attached hydrogens (primary N) is 2. The topological polar surface area (TPSA) is 148 Å². The van der Waals surface area contributed by atoms with Crippen molar-refractivity contribution in [3.63, 3.8) is 0 Å². The molecule has 3 aromatic heterocycles. The fourth-order valence-electron chi connectivity index (χ4n) is 7.86. The number of guanidine groups is 2. The van der Waals surface area contributed by atoms with Gasteiger partial charge in [-0.05, 0) is 47.5 Å². The van der Waals surface area contributed by atoms with Gasteiger partial charge >= 0.3 is 0 Å². The van der Waals surface area contributed by atoms with E-state index in [9.17, 15) is 0 Å². The maximum Gasteiger partial charge on any atom is 0.189 e. The minimum absolute atomic E-state index is 0.0190. The lowest BCUT2D eigenvalue weighted by Gasteiger charge is -2.47. The number of benzene rings is 3. The molecule has 9 N–H and O–H groups in total. The number of nitrogens with one attached hydrogen (secondary N) is 5. The van der Waals surface area contributed by atoms with Crippen molar-refractivity contribution in [1.29, 1.82) is 0 Å². The summed E-state index contributed by atoms with van der Waals surface area (Å²) in [4.78, 5) is 20.8. The minimum atomic E-state index is -0.235. The molecule has 0 saturated carbocycles. The molecule has 6 aromatic rings. The van der Waals surface area contributed by atoms with Crippen LogP contribution in [0.2, 0.25) is 0 Å². The molecule has 0 radical (unpaired) electrons. The molecule has 5 heterocycles. The van der Waals surface area contributed by atoms with Gasteiger partial charge in [0, 0.05) is 87.7 Å². The lowest BCUT2D eigenvalue weighted by molar-refractivity contribution is 0.276. The Morgan fingerprint density at radius 3 is 1.82 bits per heavy atom. The SMILES string of the molecule is NC1=NC(c2c[nH]c3cc(Br)ccc23)C(C2c3c([nH]c4cc(Br)ccc34)C3N=C(N)NC2C3c2c[nH]c3cc(Br)ccc23)N1.